The maximum atomic E-state index is 5.61. The summed E-state index contributed by atoms with van der Waals surface area (Å²) in [6, 6.07) is 10.8. The van der Waals surface area contributed by atoms with E-state index in [1.54, 1.807) is 11.3 Å². The Hall–Kier alpha value is -0.840. The molecule has 1 aromatic carbocycles. The van der Waals surface area contributed by atoms with Gasteiger partial charge in [0.1, 0.15) is 5.75 Å². The molecule has 0 amide bonds. The number of hydrogen-bond acceptors (Lipinski definition) is 3. The summed E-state index contributed by atoms with van der Waals surface area (Å²) in [5.74, 6) is 0.934. The normalized spacial score (nSPS) is 12.3. The Balaban J connectivity index is 2.28. The van der Waals surface area contributed by atoms with Crippen molar-refractivity contribution in [1.29, 1.82) is 0 Å². The molecule has 0 bridgehead atoms. The van der Waals surface area contributed by atoms with Gasteiger partial charge in [0.15, 0.2) is 0 Å². The number of hydrogen-bond donors (Lipinski definition) is 1. The van der Waals surface area contributed by atoms with Crippen LogP contribution in [0, 0.1) is 0 Å². The summed E-state index contributed by atoms with van der Waals surface area (Å²) in [5, 5.41) is 5.75. The minimum atomic E-state index is 0.228. The number of thiophene rings is 1. The van der Waals surface area contributed by atoms with E-state index in [9.17, 15) is 0 Å². The van der Waals surface area contributed by atoms with Crippen molar-refractivity contribution in [3.05, 3.63) is 50.6 Å². The van der Waals surface area contributed by atoms with E-state index in [1.807, 2.05) is 13.0 Å². The topological polar surface area (TPSA) is 21.3 Å². The molecule has 1 atom stereocenters. The van der Waals surface area contributed by atoms with Crippen LogP contribution in [-0.2, 0) is 0 Å². The molecule has 2 rings (SSSR count). The maximum Gasteiger partial charge on any atom is 0.119 e. The van der Waals surface area contributed by atoms with Crippen molar-refractivity contribution in [2.75, 3.05) is 13.2 Å². The van der Waals surface area contributed by atoms with Gasteiger partial charge in [-0.15, -0.1) is 11.3 Å². The van der Waals surface area contributed by atoms with E-state index >= 15 is 0 Å². The highest BCUT2D eigenvalue weighted by Crippen LogP contribution is 2.31. The average Bonchev–Trinajstić information content (AvgIpc) is 2.87. The highest BCUT2D eigenvalue weighted by atomic mass is 79.9. The summed E-state index contributed by atoms with van der Waals surface area (Å²) in [6.07, 6.45) is 1.12. The summed E-state index contributed by atoms with van der Waals surface area (Å²) in [4.78, 5) is 1.32. The zero-order valence-electron chi connectivity index (χ0n) is 11.9. The van der Waals surface area contributed by atoms with E-state index in [-0.39, 0.29) is 6.04 Å². The fraction of sp³-hybridized carbons (Fsp3) is 0.375. The Bertz CT molecular complexity index is 541. The first-order chi connectivity index (χ1) is 9.74. The van der Waals surface area contributed by atoms with Gasteiger partial charge >= 0.3 is 0 Å². The average molecular weight is 354 g/mol. The van der Waals surface area contributed by atoms with E-state index in [4.69, 9.17) is 4.74 Å². The van der Waals surface area contributed by atoms with Gasteiger partial charge in [-0.25, -0.2) is 0 Å². The molecule has 1 unspecified atom stereocenters. The molecule has 20 heavy (non-hydrogen) atoms. The quantitative estimate of drug-likeness (QED) is 0.756. The Labute approximate surface area is 133 Å². The van der Waals surface area contributed by atoms with Crippen molar-refractivity contribution >= 4 is 27.3 Å². The molecule has 0 aliphatic rings. The lowest BCUT2D eigenvalue weighted by Gasteiger charge is -2.18. The fourth-order valence-electron chi connectivity index (χ4n) is 2.10. The van der Waals surface area contributed by atoms with Gasteiger partial charge in [0.25, 0.3) is 0 Å². The second-order valence-electron chi connectivity index (χ2n) is 4.56. The second kappa shape index (κ2) is 7.81. The summed E-state index contributed by atoms with van der Waals surface area (Å²) in [5.41, 5.74) is 1.25. The third-order valence-corrected chi connectivity index (χ3v) is 4.73. The molecular weight excluding hydrogens is 334 g/mol. The molecule has 0 aliphatic heterocycles. The van der Waals surface area contributed by atoms with Gasteiger partial charge < -0.3 is 10.1 Å². The number of benzene rings is 1. The van der Waals surface area contributed by atoms with E-state index in [1.165, 1.54) is 10.4 Å². The molecule has 4 heteroatoms. The first-order valence-corrected chi connectivity index (χ1v) is 8.62. The number of rotatable bonds is 7. The van der Waals surface area contributed by atoms with Crippen LogP contribution in [0.3, 0.4) is 0 Å². The van der Waals surface area contributed by atoms with Crippen LogP contribution in [0.2, 0.25) is 0 Å². The van der Waals surface area contributed by atoms with Crippen LogP contribution in [-0.4, -0.2) is 13.2 Å². The Morgan fingerprint density at radius 2 is 2.15 bits per heavy atom. The van der Waals surface area contributed by atoms with Gasteiger partial charge in [0, 0.05) is 14.7 Å². The number of nitrogens with one attached hydrogen (secondary N) is 1. The van der Waals surface area contributed by atoms with E-state index < -0.39 is 0 Å². The lowest BCUT2D eigenvalue weighted by Crippen LogP contribution is -2.22. The number of halogens is 1. The predicted molar refractivity (Wildman–Crippen MR) is 89.8 cm³/mol. The van der Waals surface area contributed by atoms with Crippen LogP contribution in [0.15, 0.2) is 40.2 Å². The van der Waals surface area contributed by atoms with E-state index in [0.717, 1.165) is 23.2 Å². The van der Waals surface area contributed by atoms with Crippen molar-refractivity contribution in [2.24, 2.45) is 0 Å². The largest absolute Gasteiger partial charge is 0.494 e. The lowest BCUT2D eigenvalue weighted by molar-refractivity contribution is 0.339. The smallest absolute Gasteiger partial charge is 0.119 e. The first kappa shape index (κ1) is 15.5. The minimum Gasteiger partial charge on any atom is -0.494 e. The van der Waals surface area contributed by atoms with E-state index in [0.29, 0.717) is 6.61 Å². The fourth-order valence-corrected chi connectivity index (χ4v) is 3.65. The molecule has 108 valence electrons. The van der Waals surface area contributed by atoms with E-state index in [2.05, 4.69) is 57.8 Å². The number of ether oxygens (including phenoxy) is 1. The Morgan fingerprint density at radius 1 is 1.30 bits per heavy atom. The van der Waals surface area contributed by atoms with Crippen molar-refractivity contribution in [2.45, 2.75) is 26.3 Å². The minimum absolute atomic E-state index is 0.228. The first-order valence-electron chi connectivity index (χ1n) is 6.94. The molecular formula is C16H20BrNOS. The molecule has 1 N–H and O–H groups in total. The second-order valence-corrected chi connectivity index (χ2v) is 6.42. The molecule has 1 heterocycles. The Kier molecular flexibility index (Phi) is 6.07. The highest BCUT2D eigenvalue weighted by molar-refractivity contribution is 9.10. The summed E-state index contributed by atoms with van der Waals surface area (Å²) in [7, 11) is 0. The molecule has 0 radical (unpaired) electrons. The Morgan fingerprint density at radius 3 is 2.80 bits per heavy atom. The summed E-state index contributed by atoms with van der Waals surface area (Å²) < 4.78 is 6.75. The van der Waals surface area contributed by atoms with Crippen molar-refractivity contribution in [3.8, 4) is 5.75 Å². The molecule has 2 nitrogen and oxygen atoms in total. The van der Waals surface area contributed by atoms with Crippen LogP contribution in [0.1, 0.15) is 36.8 Å². The molecule has 0 fully saturated rings. The van der Waals surface area contributed by atoms with Crippen LogP contribution in [0.25, 0.3) is 0 Å². The summed E-state index contributed by atoms with van der Waals surface area (Å²) in [6.45, 7) is 5.89. The van der Waals surface area contributed by atoms with Gasteiger partial charge in [-0.2, -0.15) is 0 Å². The molecule has 1 aromatic heterocycles. The zero-order valence-corrected chi connectivity index (χ0v) is 14.3. The van der Waals surface area contributed by atoms with Crippen LogP contribution >= 0.6 is 27.3 Å². The molecule has 0 saturated carbocycles. The third kappa shape index (κ3) is 4.08. The zero-order chi connectivity index (χ0) is 14.4. The molecule has 2 aromatic rings. The van der Waals surface area contributed by atoms with Crippen molar-refractivity contribution < 1.29 is 4.74 Å². The van der Waals surface area contributed by atoms with Gasteiger partial charge in [-0.05, 0) is 59.6 Å². The maximum absolute atomic E-state index is 5.61. The van der Waals surface area contributed by atoms with Crippen molar-refractivity contribution in [3.63, 3.8) is 0 Å². The van der Waals surface area contributed by atoms with Gasteiger partial charge in [0.2, 0.25) is 0 Å². The molecule has 0 spiro atoms. The lowest BCUT2D eigenvalue weighted by atomic mass is 10.0. The highest BCUT2D eigenvalue weighted by Gasteiger charge is 2.15. The van der Waals surface area contributed by atoms with Crippen LogP contribution in [0.5, 0.6) is 5.75 Å². The SMILES string of the molecule is CCCNC(c1cccc(OCC)c1)c1cc(Br)cs1. The van der Waals surface area contributed by atoms with Gasteiger partial charge in [0.05, 0.1) is 12.6 Å². The van der Waals surface area contributed by atoms with Crippen LogP contribution < -0.4 is 10.1 Å². The van der Waals surface area contributed by atoms with Gasteiger partial charge in [-0.3, -0.25) is 0 Å². The predicted octanol–water partition coefficient (Wildman–Crippen LogP) is 5.00. The van der Waals surface area contributed by atoms with Crippen LogP contribution in [0.4, 0.5) is 0 Å². The van der Waals surface area contributed by atoms with Gasteiger partial charge in [-0.1, -0.05) is 19.1 Å². The van der Waals surface area contributed by atoms with Crippen molar-refractivity contribution in [1.82, 2.24) is 5.32 Å². The molecule has 0 saturated heterocycles. The molecule has 0 aliphatic carbocycles. The summed E-state index contributed by atoms with van der Waals surface area (Å²) >= 11 is 5.31. The monoisotopic (exact) mass is 353 g/mol. The standard InChI is InChI=1S/C16H20BrNOS/c1-3-8-18-16(15-10-13(17)11-20-15)12-6-5-7-14(9-12)19-4-2/h5-7,9-11,16,18H,3-4,8H2,1-2H3. The third-order valence-electron chi connectivity index (χ3n) is 2.97.